The Bertz CT molecular complexity index is 621. The highest BCUT2D eigenvalue weighted by Crippen LogP contribution is 2.32. The Kier molecular flexibility index (Phi) is 4.39. The van der Waals surface area contributed by atoms with E-state index in [0.717, 1.165) is 36.1 Å². The van der Waals surface area contributed by atoms with E-state index in [1.165, 1.54) is 0 Å². The number of fused-ring (bicyclic) bond motifs is 1. The SMILES string of the molecule is CC(NC(=O)CC1(O)CCCC1)c1ccc2c(c1)CCC(=O)N2. The molecule has 1 atom stereocenters. The zero-order valence-electron chi connectivity index (χ0n) is 13.5. The van der Waals surface area contributed by atoms with Crippen molar-refractivity contribution < 1.29 is 14.7 Å². The molecule has 1 aliphatic carbocycles. The van der Waals surface area contributed by atoms with E-state index in [0.29, 0.717) is 19.3 Å². The second kappa shape index (κ2) is 6.32. The fourth-order valence-electron chi connectivity index (χ4n) is 3.56. The smallest absolute Gasteiger partial charge is 0.224 e. The van der Waals surface area contributed by atoms with Gasteiger partial charge in [0.15, 0.2) is 0 Å². The lowest BCUT2D eigenvalue weighted by molar-refractivity contribution is -0.126. The third-order valence-electron chi connectivity index (χ3n) is 4.93. The highest BCUT2D eigenvalue weighted by Gasteiger charge is 2.33. The van der Waals surface area contributed by atoms with E-state index in [9.17, 15) is 14.7 Å². The Morgan fingerprint density at radius 3 is 2.83 bits per heavy atom. The van der Waals surface area contributed by atoms with Crippen LogP contribution in [0.4, 0.5) is 5.69 Å². The van der Waals surface area contributed by atoms with Gasteiger partial charge in [-0.3, -0.25) is 9.59 Å². The maximum Gasteiger partial charge on any atom is 0.224 e. The number of aliphatic hydroxyl groups is 1. The molecule has 1 aromatic rings. The first-order valence-electron chi connectivity index (χ1n) is 8.40. The molecule has 3 N–H and O–H groups in total. The highest BCUT2D eigenvalue weighted by molar-refractivity contribution is 5.93. The van der Waals surface area contributed by atoms with Crippen LogP contribution in [0.3, 0.4) is 0 Å². The summed E-state index contributed by atoms with van der Waals surface area (Å²) in [6.07, 6.45) is 4.84. The Balaban J connectivity index is 1.63. The second-order valence-electron chi connectivity index (χ2n) is 6.86. The number of anilines is 1. The maximum absolute atomic E-state index is 12.2. The molecule has 1 saturated carbocycles. The normalized spacial score (nSPS) is 20.5. The van der Waals surface area contributed by atoms with Gasteiger partial charge in [0.2, 0.25) is 11.8 Å². The van der Waals surface area contributed by atoms with Crippen LogP contribution in [0.2, 0.25) is 0 Å². The molecule has 0 saturated heterocycles. The number of amides is 2. The van der Waals surface area contributed by atoms with Crippen LogP contribution in [0.25, 0.3) is 0 Å². The molecule has 23 heavy (non-hydrogen) atoms. The number of carbonyl (C=O) groups is 2. The van der Waals surface area contributed by atoms with Crippen molar-refractivity contribution >= 4 is 17.5 Å². The van der Waals surface area contributed by atoms with Crippen molar-refractivity contribution in [3.63, 3.8) is 0 Å². The topological polar surface area (TPSA) is 78.4 Å². The molecule has 0 aromatic heterocycles. The fraction of sp³-hybridized carbons (Fsp3) is 0.556. The van der Waals surface area contributed by atoms with Crippen molar-refractivity contribution in [2.75, 3.05) is 5.32 Å². The number of carbonyl (C=O) groups excluding carboxylic acids is 2. The Labute approximate surface area is 136 Å². The first-order valence-corrected chi connectivity index (χ1v) is 8.40. The minimum Gasteiger partial charge on any atom is -0.389 e. The highest BCUT2D eigenvalue weighted by atomic mass is 16.3. The van der Waals surface area contributed by atoms with Crippen molar-refractivity contribution in [3.05, 3.63) is 29.3 Å². The maximum atomic E-state index is 12.2. The van der Waals surface area contributed by atoms with Crippen molar-refractivity contribution in [2.24, 2.45) is 0 Å². The molecule has 0 spiro atoms. The van der Waals surface area contributed by atoms with Gasteiger partial charge in [-0.15, -0.1) is 0 Å². The standard InChI is InChI=1S/C18H24N2O3/c1-12(19-17(22)11-18(23)8-2-3-9-18)13-4-6-15-14(10-13)5-7-16(21)20-15/h4,6,10,12,23H,2-3,5,7-9,11H2,1H3,(H,19,22)(H,20,21). The molecule has 2 aliphatic rings. The monoisotopic (exact) mass is 316 g/mol. The molecule has 1 fully saturated rings. The van der Waals surface area contributed by atoms with Gasteiger partial charge in [-0.25, -0.2) is 0 Å². The molecule has 124 valence electrons. The molecule has 0 bridgehead atoms. The summed E-state index contributed by atoms with van der Waals surface area (Å²) in [6, 6.07) is 5.76. The van der Waals surface area contributed by atoms with Crippen LogP contribution in [-0.2, 0) is 16.0 Å². The van der Waals surface area contributed by atoms with Crippen molar-refractivity contribution in [1.82, 2.24) is 5.32 Å². The van der Waals surface area contributed by atoms with Gasteiger partial charge in [0.25, 0.3) is 0 Å². The van der Waals surface area contributed by atoms with Crippen molar-refractivity contribution in [1.29, 1.82) is 0 Å². The summed E-state index contributed by atoms with van der Waals surface area (Å²) >= 11 is 0. The summed E-state index contributed by atoms with van der Waals surface area (Å²) in [6.45, 7) is 1.94. The van der Waals surface area contributed by atoms with Crippen LogP contribution in [0.1, 0.15) is 62.6 Å². The van der Waals surface area contributed by atoms with Crippen LogP contribution < -0.4 is 10.6 Å². The molecule has 3 rings (SSSR count). The molecule has 1 unspecified atom stereocenters. The summed E-state index contributed by atoms with van der Waals surface area (Å²) in [5.41, 5.74) is 2.18. The third-order valence-corrected chi connectivity index (χ3v) is 4.93. The summed E-state index contributed by atoms with van der Waals surface area (Å²) in [7, 11) is 0. The fourth-order valence-corrected chi connectivity index (χ4v) is 3.56. The van der Waals surface area contributed by atoms with Gasteiger partial charge in [-0.1, -0.05) is 25.0 Å². The number of hydrogen-bond acceptors (Lipinski definition) is 3. The van der Waals surface area contributed by atoms with E-state index in [-0.39, 0.29) is 24.3 Å². The molecule has 5 heteroatoms. The largest absolute Gasteiger partial charge is 0.389 e. The number of hydrogen-bond donors (Lipinski definition) is 3. The van der Waals surface area contributed by atoms with Gasteiger partial charge in [0, 0.05) is 12.1 Å². The lowest BCUT2D eigenvalue weighted by atomic mass is 9.96. The molecule has 1 heterocycles. The molecule has 1 aromatic carbocycles. The van der Waals surface area contributed by atoms with Gasteiger partial charge < -0.3 is 15.7 Å². The quantitative estimate of drug-likeness (QED) is 0.798. The van der Waals surface area contributed by atoms with Gasteiger partial charge in [-0.05, 0) is 43.4 Å². The van der Waals surface area contributed by atoms with Crippen LogP contribution in [0.15, 0.2) is 18.2 Å². The number of rotatable bonds is 4. The third kappa shape index (κ3) is 3.72. The van der Waals surface area contributed by atoms with E-state index in [1.807, 2.05) is 25.1 Å². The Hall–Kier alpha value is -1.88. The van der Waals surface area contributed by atoms with Crippen LogP contribution >= 0.6 is 0 Å². The van der Waals surface area contributed by atoms with Gasteiger partial charge in [0.05, 0.1) is 18.1 Å². The van der Waals surface area contributed by atoms with Crippen LogP contribution in [0.5, 0.6) is 0 Å². The lowest BCUT2D eigenvalue weighted by Gasteiger charge is -2.24. The average molecular weight is 316 g/mol. The molecule has 0 radical (unpaired) electrons. The van der Waals surface area contributed by atoms with Gasteiger partial charge >= 0.3 is 0 Å². The first kappa shape index (κ1) is 16.0. The number of aryl methyl sites for hydroxylation is 1. The zero-order valence-corrected chi connectivity index (χ0v) is 13.5. The summed E-state index contributed by atoms with van der Waals surface area (Å²) in [5, 5.41) is 16.2. The number of nitrogens with one attached hydrogen (secondary N) is 2. The molecule has 1 aliphatic heterocycles. The summed E-state index contributed by atoms with van der Waals surface area (Å²) < 4.78 is 0. The molecule has 5 nitrogen and oxygen atoms in total. The van der Waals surface area contributed by atoms with Crippen LogP contribution in [0, 0.1) is 0 Å². The van der Waals surface area contributed by atoms with E-state index in [1.54, 1.807) is 0 Å². The second-order valence-corrected chi connectivity index (χ2v) is 6.86. The molecule has 2 amide bonds. The van der Waals surface area contributed by atoms with E-state index < -0.39 is 5.60 Å². The predicted octanol–water partition coefficient (Wildman–Crippen LogP) is 2.44. The van der Waals surface area contributed by atoms with E-state index in [2.05, 4.69) is 10.6 Å². The van der Waals surface area contributed by atoms with Crippen molar-refractivity contribution in [2.45, 2.75) is 63.5 Å². The van der Waals surface area contributed by atoms with E-state index in [4.69, 9.17) is 0 Å². The average Bonchev–Trinajstić information content (AvgIpc) is 2.92. The Morgan fingerprint density at radius 2 is 2.09 bits per heavy atom. The zero-order chi connectivity index (χ0) is 16.4. The Morgan fingerprint density at radius 1 is 1.35 bits per heavy atom. The summed E-state index contributed by atoms with van der Waals surface area (Å²) in [5.74, 6) is -0.0515. The van der Waals surface area contributed by atoms with Crippen LogP contribution in [-0.4, -0.2) is 22.5 Å². The van der Waals surface area contributed by atoms with Gasteiger partial charge in [-0.2, -0.15) is 0 Å². The minimum absolute atomic E-state index is 0.0522. The predicted molar refractivity (Wildman–Crippen MR) is 88.0 cm³/mol. The van der Waals surface area contributed by atoms with Crippen molar-refractivity contribution in [3.8, 4) is 0 Å². The number of benzene rings is 1. The minimum atomic E-state index is -0.816. The molecular weight excluding hydrogens is 292 g/mol. The first-order chi connectivity index (χ1) is 11.0. The molecular formula is C18H24N2O3. The van der Waals surface area contributed by atoms with Gasteiger partial charge in [0.1, 0.15) is 0 Å². The lowest BCUT2D eigenvalue weighted by Crippen LogP contribution is -2.35. The summed E-state index contributed by atoms with van der Waals surface area (Å²) in [4.78, 5) is 23.6. The van der Waals surface area contributed by atoms with E-state index >= 15 is 0 Å².